The van der Waals surface area contributed by atoms with Gasteiger partial charge in [0.25, 0.3) is 0 Å². The van der Waals surface area contributed by atoms with Crippen molar-refractivity contribution in [2.75, 3.05) is 6.54 Å². The number of nitrogens with two attached hydrogens (primary N) is 1. The summed E-state index contributed by atoms with van der Waals surface area (Å²) in [4.78, 5) is 2.64. The van der Waals surface area contributed by atoms with Crippen LogP contribution < -0.4 is 5.73 Å². The summed E-state index contributed by atoms with van der Waals surface area (Å²) in [6.07, 6.45) is 3.50. The van der Waals surface area contributed by atoms with Crippen LogP contribution in [-0.4, -0.2) is 11.4 Å². The maximum Gasteiger partial charge on any atom is 0.0373 e. The molecule has 2 aliphatic rings. The van der Waals surface area contributed by atoms with Crippen LogP contribution in [0.25, 0.3) is 0 Å². The second kappa shape index (κ2) is 5.28. The van der Waals surface area contributed by atoms with Crippen molar-refractivity contribution in [2.24, 2.45) is 5.73 Å². The van der Waals surface area contributed by atoms with E-state index in [-0.39, 0.29) is 6.04 Å². The zero-order valence-electron chi connectivity index (χ0n) is 12.3. The first kappa shape index (κ1) is 13.1. The lowest BCUT2D eigenvalue weighted by molar-refractivity contribution is 0.186. The summed E-state index contributed by atoms with van der Waals surface area (Å²) in [6.45, 7) is 2.22. The molecule has 1 aliphatic carbocycles. The average Bonchev–Trinajstić information content (AvgIpc) is 2.71. The van der Waals surface area contributed by atoms with Crippen LogP contribution >= 0.6 is 0 Å². The van der Waals surface area contributed by atoms with Crippen LogP contribution in [-0.2, 0) is 13.0 Å². The molecule has 0 amide bonds. The van der Waals surface area contributed by atoms with Gasteiger partial charge in [0.1, 0.15) is 0 Å². The Labute approximate surface area is 126 Å². The lowest BCUT2D eigenvalue weighted by Gasteiger charge is -2.28. The molecule has 0 bridgehead atoms. The van der Waals surface area contributed by atoms with E-state index in [2.05, 4.69) is 53.4 Å². The third kappa shape index (κ3) is 2.29. The molecule has 0 aromatic heterocycles. The molecule has 2 nitrogen and oxygen atoms in total. The Kier molecular flexibility index (Phi) is 3.28. The Hall–Kier alpha value is -1.64. The first-order valence-electron chi connectivity index (χ1n) is 7.98. The molecule has 1 aliphatic heterocycles. The van der Waals surface area contributed by atoms with Crippen molar-refractivity contribution in [2.45, 2.75) is 37.9 Å². The van der Waals surface area contributed by atoms with Crippen LogP contribution in [0.5, 0.6) is 0 Å². The smallest absolute Gasteiger partial charge is 0.0373 e. The van der Waals surface area contributed by atoms with Crippen LogP contribution in [0.2, 0.25) is 0 Å². The number of hydrogen-bond acceptors (Lipinski definition) is 2. The molecule has 0 spiro atoms. The monoisotopic (exact) mass is 278 g/mol. The molecule has 2 N–H and O–H groups in total. The van der Waals surface area contributed by atoms with Gasteiger partial charge in [-0.15, -0.1) is 0 Å². The van der Waals surface area contributed by atoms with Gasteiger partial charge >= 0.3 is 0 Å². The van der Waals surface area contributed by atoms with Crippen LogP contribution in [0.15, 0.2) is 48.5 Å². The van der Waals surface area contributed by atoms with E-state index in [1.54, 1.807) is 0 Å². The van der Waals surface area contributed by atoms with Crippen LogP contribution in [0.1, 0.15) is 47.2 Å². The maximum atomic E-state index is 6.35. The molecule has 21 heavy (non-hydrogen) atoms. The van der Waals surface area contributed by atoms with Crippen LogP contribution in [0.3, 0.4) is 0 Å². The van der Waals surface area contributed by atoms with E-state index in [1.165, 1.54) is 41.6 Å². The highest BCUT2D eigenvalue weighted by atomic mass is 15.2. The summed E-state index contributed by atoms with van der Waals surface area (Å²) < 4.78 is 0. The van der Waals surface area contributed by atoms with Gasteiger partial charge in [-0.25, -0.2) is 0 Å². The van der Waals surface area contributed by atoms with Gasteiger partial charge in [0.05, 0.1) is 0 Å². The SMILES string of the molecule is NC1CC(N2CCCc3ccccc3C2)c2ccccc21. The summed E-state index contributed by atoms with van der Waals surface area (Å²) in [5.74, 6) is 0. The maximum absolute atomic E-state index is 6.35. The molecule has 2 aromatic carbocycles. The molecule has 4 rings (SSSR count). The zero-order valence-corrected chi connectivity index (χ0v) is 12.3. The highest BCUT2D eigenvalue weighted by Gasteiger charge is 2.33. The van der Waals surface area contributed by atoms with Gasteiger partial charge in [-0.2, -0.15) is 0 Å². The second-order valence-electron chi connectivity index (χ2n) is 6.33. The number of rotatable bonds is 1. The molecule has 2 aromatic rings. The lowest BCUT2D eigenvalue weighted by atomic mass is 10.0. The van der Waals surface area contributed by atoms with Crippen molar-refractivity contribution < 1.29 is 0 Å². The summed E-state index contributed by atoms with van der Waals surface area (Å²) in [5, 5.41) is 0. The highest BCUT2D eigenvalue weighted by Crippen LogP contribution is 2.42. The van der Waals surface area contributed by atoms with Gasteiger partial charge in [0.2, 0.25) is 0 Å². The fourth-order valence-corrected chi connectivity index (χ4v) is 3.98. The van der Waals surface area contributed by atoms with Crippen molar-refractivity contribution >= 4 is 0 Å². The molecule has 108 valence electrons. The first-order chi connectivity index (χ1) is 10.3. The van der Waals surface area contributed by atoms with E-state index in [1.807, 2.05) is 0 Å². The topological polar surface area (TPSA) is 29.3 Å². The third-order valence-electron chi connectivity index (χ3n) is 5.06. The summed E-state index contributed by atoms with van der Waals surface area (Å²) in [7, 11) is 0. The Morgan fingerprint density at radius 2 is 1.62 bits per heavy atom. The predicted octanol–water partition coefficient (Wildman–Crippen LogP) is 3.58. The second-order valence-corrected chi connectivity index (χ2v) is 6.33. The van der Waals surface area contributed by atoms with E-state index in [4.69, 9.17) is 5.73 Å². The third-order valence-corrected chi connectivity index (χ3v) is 5.06. The van der Waals surface area contributed by atoms with E-state index < -0.39 is 0 Å². The zero-order chi connectivity index (χ0) is 14.2. The molecule has 0 saturated carbocycles. The Morgan fingerprint density at radius 1 is 0.905 bits per heavy atom. The quantitative estimate of drug-likeness (QED) is 0.864. The van der Waals surface area contributed by atoms with E-state index in [0.717, 1.165) is 13.0 Å². The Balaban J connectivity index is 1.66. The molecule has 2 heteroatoms. The number of aryl methyl sites for hydroxylation is 1. The predicted molar refractivity (Wildman–Crippen MR) is 85.9 cm³/mol. The minimum Gasteiger partial charge on any atom is -0.324 e. The van der Waals surface area contributed by atoms with Crippen molar-refractivity contribution in [1.82, 2.24) is 4.90 Å². The fraction of sp³-hybridized carbons (Fsp3) is 0.368. The largest absolute Gasteiger partial charge is 0.324 e. The first-order valence-corrected chi connectivity index (χ1v) is 7.98. The van der Waals surface area contributed by atoms with Gasteiger partial charge in [-0.1, -0.05) is 48.5 Å². The molecule has 2 unspecified atom stereocenters. The van der Waals surface area contributed by atoms with Gasteiger partial charge in [0, 0.05) is 18.6 Å². The van der Waals surface area contributed by atoms with Crippen molar-refractivity contribution in [3.63, 3.8) is 0 Å². The van der Waals surface area contributed by atoms with Crippen LogP contribution in [0, 0.1) is 0 Å². The number of hydrogen-bond donors (Lipinski definition) is 1. The standard InChI is InChI=1S/C19H22N2/c20-18-12-19(17-10-4-3-9-16(17)18)21-11-5-8-14-6-1-2-7-15(14)13-21/h1-4,6-7,9-10,18-19H,5,8,11-13,20H2. The van der Waals surface area contributed by atoms with Crippen LogP contribution in [0.4, 0.5) is 0 Å². The van der Waals surface area contributed by atoms with Gasteiger partial charge in [-0.05, 0) is 48.1 Å². The molecule has 0 radical (unpaired) electrons. The van der Waals surface area contributed by atoms with Crippen molar-refractivity contribution in [3.05, 3.63) is 70.8 Å². The van der Waals surface area contributed by atoms with Gasteiger partial charge in [0.15, 0.2) is 0 Å². The number of benzene rings is 2. The molecule has 0 fully saturated rings. The van der Waals surface area contributed by atoms with Crippen molar-refractivity contribution in [3.8, 4) is 0 Å². The molecular formula is C19H22N2. The Bertz CT molecular complexity index is 650. The molecule has 1 heterocycles. The normalized spacial score (nSPS) is 25.2. The van der Waals surface area contributed by atoms with Gasteiger partial charge in [-0.3, -0.25) is 4.90 Å². The highest BCUT2D eigenvalue weighted by molar-refractivity contribution is 5.38. The van der Waals surface area contributed by atoms with Gasteiger partial charge < -0.3 is 5.73 Å². The van der Waals surface area contributed by atoms with Crippen molar-refractivity contribution in [1.29, 1.82) is 0 Å². The molecule has 0 saturated heterocycles. The molecule has 2 atom stereocenters. The number of fused-ring (bicyclic) bond motifs is 2. The number of nitrogens with zero attached hydrogens (tertiary/aromatic N) is 1. The summed E-state index contributed by atoms with van der Waals surface area (Å²) >= 11 is 0. The minimum absolute atomic E-state index is 0.199. The molecular weight excluding hydrogens is 256 g/mol. The van der Waals surface area contributed by atoms with E-state index >= 15 is 0 Å². The summed E-state index contributed by atoms with van der Waals surface area (Å²) in [5.41, 5.74) is 12.2. The minimum atomic E-state index is 0.199. The fourth-order valence-electron chi connectivity index (χ4n) is 3.98. The Morgan fingerprint density at radius 3 is 2.48 bits per heavy atom. The lowest BCUT2D eigenvalue weighted by Crippen LogP contribution is -2.27. The van der Waals surface area contributed by atoms with E-state index in [9.17, 15) is 0 Å². The summed E-state index contributed by atoms with van der Waals surface area (Å²) in [6, 6.07) is 18.3. The average molecular weight is 278 g/mol. The van der Waals surface area contributed by atoms with E-state index in [0.29, 0.717) is 6.04 Å².